The van der Waals surface area contributed by atoms with Crippen molar-refractivity contribution in [2.45, 2.75) is 12.8 Å². The molecule has 1 fully saturated rings. The molecule has 0 spiro atoms. The van der Waals surface area contributed by atoms with Crippen LogP contribution in [0.2, 0.25) is 5.02 Å². The SMILES string of the molecule is O=C(Cc1c(F)cccc1Cl)N1CCC1. The first-order valence-electron chi connectivity index (χ1n) is 4.89. The Hall–Kier alpha value is -1.09. The van der Waals surface area contributed by atoms with Crippen LogP contribution in [-0.4, -0.2) is 23.9 Å². The van der Waals surface area contributed by atoms with Crippen LogP contribution in [0.25, 0.3) is 0 Å². The van der Waals surface area contributed by atoms with Crippen LogP contribution in [-0.2, 0) is 11.2 Å². The Labute approximate surface area is 92.6 Å². The lowest BCUT2D eigenvalue weighted by Gasteiger charge is -2.31. The van der Waals surface area contributed by atoms with Crippen LogP contribution < -0.4 is 0 Å². The van der Waals surface area contributed by atoms with Crippen molar-refractivity contribution in [3.8, 4) is 0 Å². The van der Waals surface area contributed by atoms with Crippen LogP contribution >= 0.6 is 11.6 Å². The number of amides is 1. The zero-order chi connectivity index (χ0) is 10.8. The van der Waals surface area contributed by atoms with Gasteiger partial charge >= 0.3 is 0 Å². The quantitative estimate of drug-likeness (QED) is 0.759. The summed E-state index contributed by atoms with van der Waals surface area (Å²) in [6, 6.07) is 4.46. The summed E-state index contributed by atoms with van der Waals surface area (Å²) in [6.45, 7) is 1.57. The Balaban J connectivity index is 2.12. The fraction of sp³-hybridized carbons (Fsp3) is 0.364. The molecule has 0 saturated carbocycles. The average molecular weight is 228 g/mol. The smallest absolute Gasteiger partial charge is 0.227 e. The van der Waals surface area contributed by atoms with Gasteiger partial charge in [-0.1, -0.05) is 17.7 Å². The summed E-state index contributed by atoms with van der Waals surface area (Å²) in [5.41, 5.74) is 0.302. The first-order chi connectivity index (χ1) is 7.18. The minimum atomic E-state index is -0.406. The second kappa shape index (κ2) is 4.19. The van der Waals surface area contributed by atoms with Crippen molar-refractivity contribution in [3.63, 3.8) is 0 Å². The van der Waals surface area contributed by atoms with Gasteiger partial charge in [-0.25, -0.2) is 4.39 Å². The van der Waals surface area contributed by atoms with Crippen molar-refractivity contribution < 1.29 is 9.18 Å². The highest BCUT2D eigenvalue weighted by Gasteiger charge is 2.22. The molecule has 15 heavy (non-hydrogen) atoms. The van der Waals surface area contributed by atoms with E-state index in [1.807, 2.05) is 0 Å². The van der Waals surface area contributed by atoms with Crippen LogP contribution in [0.15, 0.2) is 18.2 Å². The lowest BCUT2D eigenvalue weighted by atomic mass is 10.1. The van der Waals surface area contributed by atoms with E-state index in [9.17, 15) is 9.18 Å². The molecule has 80 valence electrons. The van der Waals surface area contributed by atoms with E-state index in [0.29, 0.717) is 10.6 Å². The molecule has 0 unspecified atom stereocenters. The second-order valence-electron chi connectivity index (χ2n) is 3.61. The van der Waals surface area contributed by atoms with Gasteiger partial charge in [-0.3, -0.25) is 4.79 Å². The summed E-state index contributed by atoms with van der Waals surface area (Å²) in [6.07, 6.45) is 1.10. The summed E-state index contributed by atoms with van der Waals surface area (Å²) in [4.78, 5) is 13.3. The lowest BCUT2D eigenvalue weighted by Crippen LogP contribution is -2.42. The number of likely N-dealkylation sites (tertiary alicyclic amines) is 1. The van der Waals surface area contributed by atoms with Crippen molar-refractivity contribution in [2.75, 3.05) is 13.1 Å². The van der Waals surface area contributed by atoms with E-state index < -0.39 is 5.82 Å². The monoisotopic (exact) mass is 227 g/mol. The number of hydrogen-bond acceptors (Lipinski definition) is 1. The first kappa shape index (κ1) is 10.4. The van der Waals surface area contributed by atoms with Crippen LogP contribution in [0.3, 0.4) is 0 Å². The molecule has 1 amide bonds. The fourth-order valence-corrected chi connectivity index (χ4v) is 1.76. The van der Waals surface area contributed by atoms with E-state index in [4.69, 9.17) is 11.6 Å². The lowest BCUT2D eigenvalue weighted by molar-refractivity contribution is -0.133. The molecule has 0 bridgehead atoms. The predicted molar refractivity (Wildman–Crippen MR) is 56.3 cm³/mol. The number of carbonyl (C=O) groups excluding carboxylic acids is 1. The first-order valence-corrected chi connectivity index (χ1v) is 5.27. The third-order valence-electron chi connectivity index (χ3n) is 2.60. The Morgan fingerprint density at radius 1 is 1.47 bits per heavy atom. The third kappa shape index (κ3) is 2.12. The van der Waals surface area contributed by atoms with Gasteiger partial charge in [-0.15, -0.1) is 0 Å². The Kier molecular flexibility index (Phi) is 2.91. The van der Waals surface area contributed by atoms with Crippen molar-refractivity contribution in [1.29, 1.82) is 0 Å². The van der Waals surface area contributed by atoms with Gasteiger partial charge in [0.15, 0.2) is 0 Å². The molecule has 1 aliphatic rings. The van der Waals surface area contributed by atoms with Crippen molar-refractivity contribution in [1.82, 2.24) is 4.90 Å². The molecule has 1 aromatic rings. The van der Waals surface area contributed by atoms with Crippen LogP contribution in [0.4, 0.5) is 4.39 Å². The molecular weight excluding hydrogens is 217 g/mol. The molecule has 4 heteroatoms. The minimum Gasteiger partial charge on any atom is -0.342 e. The van der Waals surface area contributed by atoms with Gasteiger partial charge in [-0.05, 0) is 18.6 Å². The number of rotatable bonds is 2. The average Bonchev–Trinajstić information content (AvgIpc) is 2.08. The fourth-order valence-electron chi connectivity index (χ4n) is 1.53. The van der Waals surface area contributed by atoms with Crippen molar-refractivity contribution in [3.05, 3.63) is 34.6 Å². The molecule has 0 atom stereocenters. The second-order valence-corrected chi connectivity index (χ2v) is 4.02. The van der Waals surface area contributed by atoms with Gasteiger partial charge in [0.1, 0.15) is 5.82 Å². The van der Waals surface area contributed by atoms with E-state index in [1.54, 1.807) is 11.0 Å². The Morgan fingerprint density at radius 3 is 2.73 bits per heavy atom. The summed E-state index contributed by atoms with van der Waals surface area (Å²) in [5.74, 6) is -0.454. The molecule has 1 aromatic carbocycles. The van der Waals surface area contributed by atoms with E-state index in [0.717, 1.165) is 19.5 Å². The normalized spacial score (nSPS) is 14.9. The van der Waals surface area contributed by atoms with Gasteiger partial charge in [0.2, 0.25) is 5.91 Å². The zero-order valence-electron chi connectivity index (χ0n) is 8.17. The largest absolute Gasteiger partial charge is 0.342 e. The predicted octanol–water partition coefficient (Wildman–Crippen LogP) is 2.25. The highest BCUT2D eigenvalue weighted by Crippen LogP contribution is 2.21. The highest BCUT2D eigenvalue weighted by molar-refractivity contribution is 6.31. The van der Waals surface area contributed by atoms with Crippen LogP contribution in [0.1, 0.15) is 12.0 Å². The van der Waals surface area contributed by atoms with E-state index in [1.165, 1.54) is 12.1 Å². The number of nitrogens with zero attached hydrogens (tertiary/aromatic N) is 1. The highest BCUT2D eigenvalue weighted by atomic mass is 35.5. The maximum atomic E-state index is 13.3. The summed E-state index contributed by atoms with van der Waals surface area (Å²) in [5, 5.41) is 0.323. The molecule has 0 N–H and O–H groups in total. The van der Waals surface area contributed by atoms with E-state index in [2.05, 4.69) is 0 Å². The van der Waals surface area contributed by atoms with Gasteiger partial charge in [0.25, 0.3) is 0 Å². The summed E-state index contributed by atoms with van der Waals surface area (Å²) >= 11 is 5.83. The molecule has 2 rings (SSSR count). The van der Waals surface area contributed by atoms with Crippen molar-refractivity contribution >= 4 is 17.5 Å². The molecule has 1 aliphatic heterocycles. The molecule has 1 heterocycles. The summed E-state index contributed by atoms with van der Waals surface area (Å²) < 4.78 is 13.3. The maximum absolute atomic E-state index is 13.3. The molecule has 0 aromatic heterocycles. The van der Waals surface area contributed by atoms with Crippen LogP contribution in [0, 0.1) is 5.82 Å². The van der Waals surface area contributed by atoms with Crippen LogP contribution in [0.5, 0.6) is 0 Å². The van der Waals surface area contributed by atoms with Gasteiger partial charge in [0, 0.05) is 23.7 Å². The number of halogens is 2. The topological polar surface area (TPSA) is 20.3 Å². The number of benzene rings is 1. The number of carbonyl (C=O) groups is 1. The molecule has 1 saturated heterocycles. The standard InChI is InChI=1S/C11H11ClFNO/c12-9-3-1-4-10(13)8(9)7-11(15)14-5-2-6-14/h1,3-4H,2,5-7H2. The third-order valence-corrected chi connectivity index (χ3v) is 2.95. The molecule has 0 aliphatic carbocycles. The van der Waals surface area contributed by atoms with Gasteiger partial charge in [-0.2, -0.15) is 0 Å². The number of hydrogen-bond donors (Lipinski definition) is 0. The van der Waals surface area contributed by atoms with E-state index in [-0.39, 0.29) is 12.3 Å². The molecule has 2 nitrogen and oxygen atoms in total. The zero-order valence-corrected chi connectivity index (χ0v) is 8.93. The van der Waals surface area contributed by atoms with Crippen molar-refractivity contribution in [2.24, 2.45) is 0 Å². The summed E-state index contributed by atoms with van der Waals surface area (Å²) in [7, 11) is 0. The van der Waals surface area contributed by atoms with E-state index >= 15 is 0 Å². The minimum absolute atomic E-state index is 0.0479. The Bertz CT molecular complexity index is 370. The van der Waals surface area contributed by atoms with Gasteiger partial charge < -0.3 is 4.90 Å². The maximum Gasteiger partial charge on any atom is 0.227 e. The Morgan fingerprint density at radius 2 is 2.20 bits per heavy atom. The molecular formula is C11H11ClFNO. The molecule has 0 radical (unpaired) electrons. The van der Waals surface area contributed by atoms with Gasteiger partial charge in [0.05, 0.1) is 6.42 Å².